The van der Waals surface area contributed by atoms with Crippen molar-refractivity contribution in [3.63, 3.8) is 0 Å². The van der Waals surface area contributed by atoms with Crippen LogP contribution in [0.3, 0.4) is 0 Å². The van der Waals surface area contributed by atoms with Gasteiger partial charge >= 0.3 is 0 Å². The molecule has 2 nitrogen and oxygen atoms in total. The lowest BCUT2D eigenvalue weighted by molar-refractivity contribution is 0.106. The van der Waals surface area contributed by atoms with E-state index < -0.39 is 0 Å². The molecule has 0 aliphatic rings. The number of rotatable bonds is 4. The molecule has 0 radical (unpaired) electrons. The van der Waals surface area contributed by atoms with Gasteiger partial charge in [-0.25, -0.2) is 0 Å². The van der Waals surface area contributed by atoms with Gasteiger partial charge in [0.05, 0.1) is 24.8 Å². The van der Waals surface area contributed by atoms with E-state index in [1.54, 1.807) is 0 Å². The van der Waals surface area contributed by atoms with E-state index in [9.17, 15) is 0 Å². The fourth-order valence-electron chi connectivity index (χ4n) is 1.81. The number of hydrogen-bond acceptors (Lipinski definition) is 2. The average Bonchev–Trinajstić information content (AvgIpc) is 2.42. The molecular formula is C16H14BrNO. The van der Waals surface area contributed by atoms with Crippen molar-refractivity contribution in [1.29, 1.82) is 5.26 Å². The van der Waals surface area contributed by atoms with Gasteiger partial charge in [0, 0.05) is 4.47 Å². The number of nitriles is 1. The van der Waals surface area contributed by atoms with Crippen molar-refractivity contribution in [3.8, 4) is 6.07 Å². The summed E-state index contributed by atoms with van der Waals surface area (Å²) in [4.78, 5) is 0. The summed E-state index contributed by atoms with van der Waals surface area (Å²) in [5.41, 5.74) is 4.03. The van der Waals surface area contributed by atoms with Crippen LogP contribution in [0.1, 0.15) is 22.3 Å². The van der Waals surface area contributed by atoms with Gasteiger partial charge in [0.25, 0.3) is 0 Å². The number of aryl methyl sites for hydroxylation is 1. The molecule has 0 bridgehead atoms. The van der Waals surface area contributed by atoms with E-state index in [4.69, 9.17) is 10.00 Å². The van der Waals surface area contributed by atoms with Gasteiger partial charge < -0.3 is 4.74 Å². The summed E-state index contributed by atoms with van der Waals surface area (Å²) < 4.78 is 6.79. The van der Waals surface area contributed by atoms with Crippen molar-refractivity contribution >= 4 is 15.9 Å². The van der Waals surface area contributed by atoms with Crippen LogP contribution < -0.4 is 0 Å². The molecule has 0 aromatic heterocycles. The van der Waals surface area contributed by atoms with Gasteiger partial charge in [-0.15, -0.1) is 0 Å². The van der Waals surface area contributed by atoms with Crippen molar-refractivity contribution < 1.29 is 4.74 Å². The molecule has 0 fully saturated rings. The first-order valence-corrected chi connectivity index (χ1v) is 6.81. The van der Waals surface area contributed by atoms with Gasteiger partial charge in [-0.05, 0) is 41.8 Å². The van der Waals surface area contributed by atoms with Crippen LogP contribution >= 0.6 is 15.9 Å². The summed E-state index contributed by atoms with van der Waals surface area (Å²) in [5.74, 6) is 0. The number of ether oxygens (including phenoxy) is 1. The second-order valence-corrected chi connectivity index (χ2v) is 5.19. The van der Waals surface area contributed by atoms with E-state index in [1.807, 2.05) is 49.4 Å². The first-order valence-electron chi connectivity index (χ1n) is 6.01. The monoisotopic (exact) mass is 315 g/mol. The summed E-state index contributed by atoms with van der Waals surface area (Å²) >= 11 is 3.50. The zero-order chi connectivity index (χ0) is 13.7. The number of halogens is 1. The van der Waals surface area contributed by atoms with Gasteiger partial charge in [0.1, 0.15) is 0 Å². The molecule has 0 unspecified atom stereocenters. The van der Waals surface area contributed by atoms with Gasteiger partial charge in [0.2, 0.25) is 0 Å². The molecule has 0 saturated carbocycles. The maximum Gasteiger partial charge on any atom is 0.0991 e. The van der Waals surface area contributed by atoms with E-state index >= 15 is 0 Å². The van der Waals surface area contributed by atoms with E-state index in [1.165, 1.54) is 0 Å². The highest BCUT2D eigenvalue weighted by molar-refractivity contribution is 9.10. The Bertz CT molecular complexity index is 616. The number of benzene rings is 2. The SMILES string of the molecule is Cc1cc(C#N)ccc1COCc1ccccc1Br. The molecule has 0 N–H and O–H groups in total. The van der Waals surface area contributed by atoms with Crippen LogP contribution in [0.2, 0.25) is 0 Å². The standard InChI is InChI=1S/C16H14BrNO/c1-12-8-13(9-18)6-7-14(12)10-19-11-15-4-2-3-5-16(15)17/h2-8H,10-11H2,1H3. The van der Waals surface area contributed by atoms with Gasteiger partial charge in [-0.3, -0.25) is 0 Å². The van der Waals surface area contributed by atoms with E-state index in [2.05, 4.69) is 22.0 Å². The molecule has 2 aromatic rings. The molecule has 3 heteroatoms. The van der Waals surface area contributed by atoms with E-state index in [-0.39, 0.29) is 0 Å². The Morgan fingerprint density at radius 2 is 1.84 bits per heavy atom. The molecule has 0 spiro atoms. The van der Waals surface area contributed by atoms with Crippen LogP contribution in [-0.4, -0.2) is 0 Å². The molecule has 0 atom stereocenters. The molecule has 0 heterocycles. The molecule has 2 rings (SSSR count). The Morgan fingerprint density at radius 1 is 1.11 bits per heavy atom. The summed E-state index contributed by atoms with van der Waals surface area (Å²) in [7, 11) is 0. The zero-order valence-electron chi connectivity index (χ0n) is 10.7. The minimum atomic E-state index is 0.554. The lowest BCUT2D eigenvalue weighted by Gasteiger charge is -2.08. The van der Waals surface area contributed by atoms with Crippen LogP contribution in [-0.2, 0) is 18.0 Å². The minimum Gasteiger partial charge on any atom is -0.372 e. The van der Waals surface area contributed by atoms with Crippen LogP contribution in [0.25, 0.3) is 0 Å². The molecule has 2 aromatic carbocycles. The first-order chi connectivity index (χ1) is 9.20. The summed E-state index contributed by atoms with van der Waals surface area (Å²) in [5, 5.41) is 8.82. The maximum atomic E-state index is 8.82. The Kier molecular flexibility index (Phi) is 4.73. The Hall–Kier alpha value is -1.63. The van der Waals surface area contributed by atoms with Gasteiger partial charge in [-0.1, -0.05) is 40.2 Å². The molecule has 0 amide bonds. The first kappa shape index (κ1) is 13.8. The van der Waals surface area contributed by atoms with Crippen molar-refractivity contribution in [2.24, 2.45) is 0 Å². The third kappa shape index (κ3) is 3.66. The predicted molar refractivity (Wildman–Crippen MR) is 78.5 cm³/mol. The summed E-state index contributed by atoms with van der Waals surface area (Å²) in [6.07, 6.45) is 0. The highest BCUT2D eigenvalue weighted by Gasteiger charge is 2.02. The Morgan fingerprint density at radius 3 is 2.53 bits per heavy atom. The van der Waals surface area contributed by atoms with Gasteiger partial charge in [0.15, 0.2) is 0 Å². The molecule has 0 aliphatic carbocycles. The number of hydrogen-bond donors (Lipinski definition) is 0. The lowest BCUT2D eigenvalue weighted by atomic mass is 10.1. The molecular weight excluding hydrogens is 302 g/mol. The summed E-state index contributed by atoms with van der Waals surface area (Å²) in [6.45, 7) is 3.12. The van der Waals surface area contributed by atoms with Crippen LogP contribution in [0.5, 0.6) is 0 Å². The Balaban J connectivity index is 1.97. The van der Waals surface area contributed by atoms with Crippen LogP contribution in [0.4, 0.5) is 0 Å². The maximum absolute atomic E-state index is 8.82. The highest BCUT2D eigenvalue weighted by Crippen LogP contribution is 2.18. The third-order valence-corrected chi connectivity index (χ3v) is 3.72. The van der Waals surface area contributed by atoms with Crippen LogP contribution in [0.15, 0.2) is 46.9 Å². The smallest absolute Gasteiger partial charge is 0.0991 e. The summed E-state index contributed by atoms with van der Waals surface area (Å²) in [6, 6.07) is 15.8. The fraction of sp³-hybridized carbons (Fsp3) is 0.188. The fourth-order valence-corrected chi connectivity index (χ4v) is 2.21. The predicted octanol–water partition coefficient (Wildman–Crippen LogP) is 4.35. The topological polar surface area (TPSA) is 33.0 Å². The van der Waals surface area contributed by atoms with Gasteiger partial charge in [-0.2, -0.15) is 5.26 Å². The molecule has 0 saturated heterocycles. The molecule has 0 aliphatic heterocycles. The third-order valence-electron chi connectivity index (χ3n) is 2.94. The number of nitrogens with zero attached hydrogens (tertiary/aromatic N) is 1. The normalized spacial score (nSPS) is 10.2. The average molecular weight is 316 g/mol. The van der Waals surface area contributed by atoms with E-state index in [0.717, 1.165) is 21.2 Å². The lowest BCUT2D eigenvalue weighted by Crippen LogP contribution is -1.97. The van der Waals surface area contributed by atoms with Crippen molar-refractivity contribution in [3.05, 3.63) is 69.2 Å². The zero-order valence-corrected chi connectivity index (χ0v) is 12.3. The second-order valence-electron chi connectivity index (χ2n) is 4.34. The second kappa shape index (κ2) is 6.51. The minimum absolute atomic E-state index is 0.554. The van der Waals surface area contributed by atoms with E-state index in [0.29, 0.717) is 18.8 Å². The van der Waals surface area contributed by atoms with Crippen molar-refractivity contribution in [2.75, 3.05) is 0 Å². The van der Waals surface area contributed by atoms with Crippen molar-refractivity contribution in [2.45, 2.75) is 20.1 Å². The van der Waals surface area contributed by atoms with Crippen molar-refractivity contribution in [1.82, 2.24) is 0 Å². The largest absolute Gasteiger partial charge is 0.372 e. The van der Waals surface area contributed by atoms with Crippen LogP contribution in [0, 0.1) is 18.3 Å². The highest BCUT2D eigenvalue weighted by atomic mass is 79.9. The molecule has 19 heavy (non-hydrogen) atoms. The molecule has 96 valence electrons. The quantitative estimate of drug-likeness (QED) is 0.840. The Labute approximate surface area is 121 Å².